The van der Waals surface area contributed by atoms with Crippen molar-refractivity contribution in [3.05, 3.63) is 66.6 Å². The van der Waals surface area contributed by atoms with E-state index >= 15 is 0 Å². The van der Waals surface area contributed by atoms with E-state index in [1.165, 1.54) is 0 Å². The highest BCUT2D eigenvalue weighted by molar-refractivity contribution is 5.93. The van der Waals surface area contributed by atoms with E-state index in [-0.39, 0.29) is 17.6 Å². The van der Waals surface area contributed by atoms with Crippen LogP contribution in [0.5, 0.6) is 0 Å². The van der Waals surface area contributed by atoms with Crippen LogP contribution >= 0.6 is 0 Å². The Kier molecular flexibility index (Phi) is 5.63. The molecule has 1 aromatic carbocycles. The fourth-order valence-corrected chi connectivity index (χ4v) is 2.52. The minimum Gasteiger partial charge on any atom is -0.380 e. The molecule has 2 aromatic heterocycles. The fraction of sp³-hybridized carbons (Fsp3) is 0.250. The number of carbonyl (C=O) groups is 1. The quantitative estimate of drug-likeness (QED) is 0.680. The standard InChI is InChI=1S/C20H22N4O2/c1-14(2)18(23-16-8-4-3-5-9-16)13-22-20(25)17-11-19(26-24-17)15-7-6-10-21-12-15/h3-12,14,18,23H,13H2,1-2H3,(H,22,25). The zero-order valence-electron chi connectivity index (χ0n) is 14.8. The van der Waals surface area contributed by atoms with Crippen LogP contribution in [0.4, 0.5) is 5.69 Å². The molecule has 0 aliphatic rings. The Morgan fingerprint density at radius 1 is 1.15 bits per heavy atom. The molecule has 0 fully saturated rings. The van der Waals surface area contributed by atoms with Crippen LogP contribution in [0.25, 0.3) is 11.3 Å². The molecule has 0 bridgehead atoms. The number of aromatic nitrogens is 2. The van der Waals surface area contributed by atoms with Gasteiger partial charge in [-0.05, 0) is 30.2 Å². The molecule has 0 saturated carbocycles. The van der Waals surface area contributed by atoms with Crippen LogP contribution in [0.15, 0.2) is 65.4 Å². The van der Waals surface area contributed by atoms with E-state index in [1.807, 2.05) is 36.4 Å². The van der Waals surface area contributed by atoms with E-state index in [0.717, 1.165) is 11.3 Å². The van der Waals surface area contributed by atoms with E-state index in [4.69, 9.17) is 4.52 Å². The highest BCUT2D eigenvalue weighted by Crippen LogP contribution is 2.19. The molecule has 6 nitrogen and oxygen atoms in total. The second kappa shape index (κ2) is 8.29. The Bertz CT molecular complexity index is 831. The Morgan fingerprint density at radius 2 is 1.96 bits per heavy atom. The maximum absolute atomic E-state index is 12.4. The van der Waals surface area contributed by atoms with Crippen molar-refractivity contribution in [1.29, 1.82) is 0 Å². The molecular formula is C20H22N4O2. The van der Waals surface area contributed by atoms with Gasteiger partial charge >= 0.3 is 0 Å². The lowest BCUT2D eigenvalue weighted by atomic mass is 10.0. The van der Waals surface area contributed by atoms with Gasteiger partial charge in [0, 0.05) is 42.3 Å². The second-order valence-corrected chi connectivity index (χ2v) is 6.39. The molecular weight excluding hydrogens is 328 g/mol. The maximum atomic E-state index is 12.4. The Labute approximate surface area is 152 Å². The third-order valence-corrected chi connectivity index (χ3v) is 4.10. The molecule has 3 rings (SSSR count). The Hall–Kier alpha value is -3.15. The van der Waals surface area contributed by atoms with E-state index in [1.54, 1.807) is 24.5 Å². The lowest BCUT2D eigenvalue weighted by Crippen LogP contribution is -2.39. The van der Waals surface area contributed by atoms with Gasteiger partial charge in [0.1, 0.15) is 0 Å². The van der Waals surface area contributed by atoms with Crippen LogP contribution in [0.2, 0.25) is 0 Å². The summed E-state index contributed by atoms with van der Waals surface area (Å²) >= 11 is 0. The summed E-state index contributed by atoms with van der Waals surface area (Å²) in [6, 6.07) is 15.3. The van der Waals surface area contributed by atoms with Crippen molar-refractivity contribution >= 4 is 11.6 Å². The third kappa shape index (κ3) is 4.47. The smallest absolute Gasteiger partial charge is 0.273 e. The molecule has 0 radical (unpaired) electrons. The van der Waals surface area contributed by atoms with Crippen LogP contribution in [0.3, 0.4) is 0 Å². The summed E-state index contributed by atoms with van der Waals surface area (Å²) in [6.45, 7) is 4.72. The summed E-state index contributed by atoms with van der Waals surface area (Å²) < 4.78 is 5.26. The Balaban J connectivity index is 1.61. The average molecular weight is 350 g/mol. The molecule has 134 valence electrons. The number of carbonyl (C=O) groups excluding carboxylic acids is 1. The van der Waals surface area contributed by atoms with Gasteiger partial charge in [-0.15, -0.1) is 0 Å². The van der Waals surface area contributed by atoms with Gasteiger partial charge in [0.15, 0.2) is 11.5 Å². The second-order valence-electron chi connectivity index (χ2n) is 6.39. The molecule has 1 unspecified atom stereocenters. The van der Waals surface area contributed by atoms with E-state index in [0.29, 0.717) is 18.2 Å². The first-order valence-electron chi connectivity index (χ1n) is 8.60. The van der Waals surface area contributed by atoms with Crippen LogP contribution in [-0.4, -0.2) is 28.6 Å². The first kappa shape index (κ1) is 17.7. The summed E-state index contributed by atoms with van der Waals surface area (Å²) in [6.07, 6.45) is 3.35. The Morgan fingerprint density at radius 3 is 2.65 bits per heavy atom. The largest absolute Gasteiger partial charge is 0.380 e. The molecule has 6 heteroatoms. The number of benzene rings is 1. The summed E-state index contributed by atoms with van der Waals surface area (Å²) in [5.41, 5.74) is 2.07. The number of amides is 1. The molecule has 26 heavy (non-hydrogen) atoms. The average Bonchev–Trinajstić information content (AvgIpc) is 3.16. The monoisotopic (exact) mass is 350 g/mol. The van der Waals surface area contributed by atoms with Gasteiger partial charge in [-0.25, -0.2) is 0 Å². The molecule has 3 aromatic rings. The zero-order valence-corrected chi connectivity index (χ0v) is 14.8. The van der Waals surface area contributed by atoms with Gasteiger partial charge in [-0.1, -0.05) is 37.2 Å². The fourth-order valence-electron chi connectivity index (χ4n) is 2.52. The number of hydrogen-bond acceptors (Lipinski definition) is 5. The highest BCUT2D eigenvalue weighted by Gasteiger charge is 2.18. The first-order chi connectivity index (χ1) is 12.6. The first-order valence-corrected chi connectivity index (χ1v) is 8.60. The number of hydrogen-bond donors (Lipinski definition) is 2. The predicted molar refractivity (Wildman–Crippen MR) is 101 cm³/mol. The normalized spacial score (nSPS) is 12.0. The molecule has 1 atom stereocenters. The number of para-hydroxylation sites is 1. The molecule has 0 spiro atoms. The summed E-state index contributed by atoms with van der Waals surface area (Å²) in [7, 11) is 0. The maximum Gasteiger partial charge on any atom is 0.273 e. The highest BCUT2D eigenvalue weighted by atomic mass is 16.5. The van der Waals surface area contributed by atoms with E-state index < -0.39 is 0 Å². The van der Waals surface area contributed by atoms with E-state index in [2.05, 4.69) is 34.6 Å². The third-order valence-electron chi connectivity index (χ3n) is 4.10. The van der Waals surface area contributed by atoms with Gasteiger partial charge in [0.05, 0.1) is 0 Å². The topological polar surface area (TPSA) is 80.1 Å². The van der Waals surface area contributed by atoms with Gasteiger partial charge in [-0.3, -0.25) is 9.78 Å². The van der Waals surface area contributed by atoms with Crippen LogP contribution in [0, 0.1) is 5.92 Å². The molecule has 1 amide bonds. The van der Waals surface area contributed by atoms with Gasteiger partial charge in [0.2, 0.25) is 0 Å². The number of rotatable bonds is 7. The van der Waals surface area contributed by atoms with Crippen molar-refractivity contribution in [1.82, 2.24) is 15.5 Å². The van der Waals surface area contributed by atoms with Crippen molar-refractivity contribution < 1.29 is 9.32 Å². The van der Waals surface area contributed by atoms with Crippen molar-refractivity contribution in [2.75, 3.05) is 11.9 Å². The van der Waals surface area contributed by atoms with Crippen molar-refractivity contribution in [3.63, 3.8) is 0 Å². The van der Waals surface area contributed by atoms with Crippen molar-refractivity contribution in [2.24, 2.45) is 5.92 Å². The number of nitrogens with one attached hydrogen (secondary N) is 2. The van der Waals surface area contributed by atoms with Crippen LogP contribution in [-0.2, 0) is 0 Å². The lowest BCUT2D eigenvalue weighted by Gasteiger charge is -2.23. The van der Waals surface area contributed by atoms with Crippen LogP contribution < -0.4 is 10.6 Å². The minimum absolute atomic E-state index is 0.103. The van der Waals surface area contributed by atoms with Gasteiger partial charge in [-0.2, -0.15) is 0 Å². The predicted octanol–water partition coefficient (Wildman–Crippen LogP) is 3.60. The van der Waals surface area contributed by atoms with Gasteiger partial charge in [0.25, 0.3) is 5.91 Å². The lowest BCUT2D eigenvalue weighted by molar-refractivity contribution is 0.0941. The summed E-state index contributed by atoms with van der Waals surface area (Å²) in [4.78, 5) is 16.4. The van der Waals surface area contributed by atoms with Crippen molar-refractivity contribution in [3.8, 4) is 11.3 Å². The van der Waals surface area contributed by atoms with E-state index in [9.17, 15) is 4.79 Å². The number of nitrogens with zero attached hydrogens (tertiary/aromatic N) is 2. The summed E-state index contributed by atoms with van der Waals surface area (Å²) in [5.74, 6) is 0.606. The number of pyridine rings is 1. The number of anilines is 1. The molecule has 2 heterocycles. The van der Waals surface area contributed by atoms with Gasteiger partial charge < -0.3 is 15.2 Å². The van der Waals surface area contributed by atoms with Crippen molar-refractivity contribution in [2.45, 2.75) is 19.9 Å². The molecule has 0 saturated heterocycles. The van der Waals surface area contributed by atoms with Crippen LogP contribution in [0.1, 0.15) is 24.3 Å². The molecule has 0 aliphatic carbocycles. The summed E-state index contributed by atoms with van der Waals surface area (Å²) in [5, 5.41) is 10.2. The SMILES string of the molecule is CC(C)C(CNC(=O)c1cc(-c2cccnc2)on1)Nc1ccccc1. The molecule has 0 aliphatic heterocycles. The molecule has 2 N–H and O–H groups in total. The zero-order chi connectivity index (χ0) is 18.4. The minimum atomic E-state index is -0.260.